The van der Waals surface area contributed by atoms with Crippen LogP contribution in [0.4, 0.5) is 5.69 Å². The van der Waals surface area contributed by atoms with Gasteiger partial charge in [0.15, 0.2) is 4.90 Å². The smallest absolute Gasteiger partial charge is 0.310 e. The third-order valence-corrected chi connectivity index (χ3v) is 7.66. The van der Waals surface area contributed by atoms with Crippen molar-refractivity contribution in [3.8, 4) is 11.6 Å². The fraction of sp³-hybridized carbons (Fsp3) is 0.542. The molecule has 2 aromatic rings. The van der Waals surface area contributed by atoms with Gasteiger partial charge >= 0.3 is 11.9 Å². The summed E-state index contributed by atoms with van der Waals surface area (Å²) in [5, 5.41) is 13.5. The van der Waals surface area contributed by atoms with Crippen LogP contribution < -0.4 is 13.8 Å². The van der Waals surface area contributed by atoms with Crippen molar-refractivity contribution in [3.63, 3.8) is 0 Å². The molecule has 0 unspecified atom stereocenters. The molecular formula is C24H33N3O8S. The number of fused-ring (bicyclic) bond motifs is 1. The van der Waals surface area contributed by atoms with Crippen molar-refractivity contribution < 1.29 is 37.3 Å². The lowest BCUT2D eigenvalue weighted by Gasteiger charge is -2.36. The maximum absolute atomic E-state index is 14.0. The Balaban J connectivity index is 2.07. The van der Waals surface area contributed by atoms with Crippen LogP contribution in [-0.2, 0) is 37.8 Å². The molecule has 11 nitrogen and oxygen atoms in total. The molecule has 2 heterocycles. The Labute approximate surface area is 211 Å². The van der Waals surface area contributed by atoms with Gasteiger partial charge < -0.3 is 19.3 Å². The van der Waals surface area contributed by atoms with E-state index < -0.39 is 39.6 Å². The highest BCUT2D eigenvalue weighted by molar-refractivity contribution is 7.93. The van der Waals surface area contributed by atoms with Crippen LogP contribution in [0.1, 0.15) is 45.4 Å². The summed E-state index contributed by atoms with van der Waals surface area (Å²) in [6.45, 7) is 8.33. The van der Waals surface area contributed by atoms with Gasteiger partial charge in [0, 0.05) is 7.05 Å². The topological polar surface area (TPSA) is 137 Å². The number of carboxylic acid groups (broad SMARTS) is 1. The SMILES string of the molecule is COc1nn(C)c(C)c1S(=O)(=O)N1C[C@H](C[C@H](C)C(=O)O)Oc2ccc(CC(=O)OC(C)(C)C)cc21. The Morgan fingerprint density at radius 3 is 2.56 bits per heavy atom. The molecule has 1 aromatic heterocycles. The Hall–Kier alpha value is -3.28. The van der Waals surface area contributed by atoms with Gasteiger partial charge in [0.05, 0.1) is 37.4 Å². The first kappa shape index (κ1) is 27.3. The number of methoxy groups -OCH3 is 1. The first-order chi connectivity index (χ1) is 16.6. The standard InChI is InChI=1S/C24H33N3O8S/c1-14(23(29)30)10-17-13-27(36(31,32)21-15(2)26(6)25-22(21)33-7)18-11-16(8-9-19(18)34-17)12-20(28)35-24(3,4)5/h8-9,11,14,17H,10,12-13H2,1-7H3,(H,29,30)/t14-,17-/m0/s1. The average Bonchev–Trinajstić information content (AvgIpc) is 3.06. The zero-order valence-electron chi connectivity index (χ0n) is 21.6. The van der Waals surface area contributed by atoms with Crippen LogP contribution >= 0.6 is 0 Å². The molecule has 36 heavy (non-hydrogen) atoms. The molecule has 1 aromatic carbocycles. The summed E-state index contributed by atoms with van der Waals surface area (Å²) >= 11 is 0. The van der Waals surface area contributed by atoms with E-state index in [0.29, 0.717) is 11.3 Å². The fourth-order valence-corrected chi connectivity index (χ4v) is 5.79. The lowest BCUT2D eigenvalue weighted by atomic mass is 10.0. The highest BCUT2D eigenvalue weighted by Gasteiger charge is 2.39. The molecule has 0 radical (unpaired) electrons. The third-order valence-electron chi connectivity index (χ3n) is 5.75. The predicted octanol–water partition coefficient (Wildman–Crippen LogP) is 2.69. The lowest BCUT2D eigenvalue weighted by Crippen LogP contribution is -2.44. The normalized spacial score (nSPS) is 16.6. The van der Waals surface area contributed by atoms with Gasteiger partial charge in [-0.05, 0) is 51.8 Å². The molecule has 198 valence electrons. The van der Waals surface area contributed by atoms with Crippen molar-refractivity contribution >= 4 is 27.6 Å². The van der Waals surface area contributed by atoms with Crippen LogP contribution in [-0.4, -0.2) is 60.6 Å². The number of ether oxygens (including phenoxy) is 3. The van der Waals surface area contributed by atoms with Crippen molar-refractivity contribution in [2.24, 2.45) is 13.0 Å². The zero-order chi connectivity index (χ0) is 27.0. The molecule has 0 fully saturated rings. The highest BCUT2D eigenvalue weighted by Crippen LogP contribution is 2.41. The van der Waals surface area contributed by atoms with E-state index >= 15 is 0 Å². The minimum absolute atomic E-state index is 0.0524. The van der Waals surface area contributed by atoms with E-state index in [1.165, 1.54) is 23.0 Å². The van der Waals surface area contributed by atoms with Gasteiger partial charge in [0.1, 0.15) is 17.5 Å². The number of carbonyl (C=O) groups excluding carboxylic acids is 1. The molecule has 0 amide bonds. The second-order valence-electron chi connectivity index (χ2n) is 9.86. The molecule has 0 aliphatic carbocycles. The number of hydrogen-bond donors (Lipinski definition) is 1. The average molecular weight is 524 g/mol. The molecule has 12 heteroatoms. The Morgan fingerprint density at radius 1 is 1.31 bits per heavy atom. The molecule has 3 rings (SSSR count). The van der Waals surface area contributed by atoms with E-state index in [0.717, 1.165) is 0 Å². The summed E-state index contributed by atoms with van der Waals surface area (Å²) in [6.07, 6.45) is -0.672. The number of carbonyl (C=O) groups is 2. The Bertz CT molecular complexity index is 1260. The number of anilines is 1. The first-order valence-electron chi connectivity index (χ1n) is 11.5. The largest absolute Gasteiger partial charge is 0.486 e. The number of hydrogen-bond acceptors (Lipinski definition) is 8. The number of aliphatic carboxylic acids is 1. The second kappa shape index (κ2) is 10.00. The van der Waals surface area contributed by atoms with Gasteiger partial charge in [0.25, 0.3) is 15.9 Å². The number of carboxylic acids is 1. The summed E-state index contributed by atoms with van der Waals surface area (Å²) in [4.78, 5) is 23.7. The first-order valence-corrected chi connectivity index (χ1v) is 12.9. The number of rotatable bonds is 8. The van der Waals surface area contributed by atoms with Crippen LogP contribution in [0, 0.1) is 12.8 Å². The van der Waals surface area contributed by atoms with E-state index in [2.05, 4.69) is 5.10 Å². The quantitative estimate of drug-likeness (QED) is 0.518. The fourth-order valence-electron chi connectivity index (χ4n) is 3.96. The molecule has 1 aliphatic heterocycles. The number of sulfonamides is 1. The van der Waals surface area contributed by atoms with Crippen molar-refractivity contribution in [1.82, 2.24) is 9.78 Å². The minimum atomic E-state index is -4.21. The lowest BCUT2D eigenvalue weighted by molar-refractivity contribution is -0.154. The van der Waals surface area contributed by atoms with Gasteiger partial charge in [-0.15, -0.1) is 5.10 Å². The minimum Gasteiger partial charge on any atom is -0.486 e. The third kappa shape index (κ3) is 5.75. The number of esters is 1. The van der Waals surface area contributed by atoms with Crippen molar-refractivity contribution in [1.29, 1.82) is 0 Å². The number of benzene rings is 1. The van der Waals surface area contributed by atoms with Crippen molar-refractivity contribution in [3.05, 3.63) is 29.5 Å². The van der Waals surface area contributed by atoms with Crippen molar-refractivity contribution in [2.75, 3.05) is 18.0 Å². The van der Waals surface area contributed by atoms with Gasteiger partial charge in [-0.1, -0.05) is 13.0 Å². The predicted molar refractivity (Wildman–Crippen MR) is 131 cm³/mol. The number of nitrogens with zero attached hydrogens (tertiary/aromatic N) is 3. The van der Waals surface area contributed by atoms with E-state index in [-0.39, 0.29) is 41.6 Å². The maximum Gasteiger partial charge on any atom is 0.310 e. The maximum atomic E-state index is 14.0. The van der Waals surface area contributed by atoms with E-state index in [1.54, 1.807) is 52.9 Å². The summed E-state index contributed by atoms with van der Waals surface area (Å²) < 4.78 is 47.2. The van der Waals surface area contributed by atoms with Crippen LogP contribution in [0.15, 0.2) is 23.1 Å². The summed E-state index contributed by atoms with van der Waals surface area (Å²) in [7, 11) is -1.26. The molecule has 0 spiro atoms. The summed E-state index contributed by atoms with van der Waals surface area (Å²) in [6, 6.07) is 4.82. The Kier molecular flexibility index (Phi) is 7.58. The monoisotopic (exact) mass is 523 g/mol. The number of aryl methyl sites for hydroxylation is 1. The zero-order valence-corrected chi connectivity index (χ0v) is 22.4. The van der Waals surface area contributed by atoms with Crippen LogP contribution in [0.25, 0.3) is 0 Å². The van der Waals surface area contributed by atoms with Gasteiger partial charge in [-0.3, -0.25) is 18.6 Å². The molecule has 1 N–H and O–H groups in total. The summed E-state index contributed by atoms with van der Waals surface area (Å²) in [5.41, 5.74) is 0.492. The molecule has 0 saturated carbocycles. The van der Waals surface area contributed by atoms with Gasteiger partial charge in [0.2, 0.25) is 0 Å². The molecule has 0 bridgehead atoms. The second-order valence-corrected chi connectivity index (χ2v) is 11.7. The molecule has 0 saturated heterocycles. The van der Waals surface area contributed by atoms with Crippen LogP contribution in [0.3, 0.4) is 0 Å². The van der Waals surface area contributed by atoms with Gasteiger partial charge in [-0.25, -0.2) is 8.42 Å². The summed E-state index contributed by atoms with van der Waals surface area (Å²) in [5.74, 6) is -1.99. The molecule has 1 aliphatic rings. The van der Waals surface area contributed by atoms with Crippen LogP contribution in [0.5, 0.6) is 11.6 Å². The van der Waals surface area contributed by atoms with E-state index in [4.69, 9.17) is 14.2 Å². The molecular weight excluding hydrogens is 490 g/mol. The molecule has 2 atom stereocenters. The van der Waals surface area contributed by atoms with Crippen LogP contribution in [0.2, 0.25) is 0 Å². The van der Waals surface area contributed by atoms with E-state index in [9.17, 15) is 23.1 Å². The highest BCUT2D eigenvalue weighted by atomic mass is 32.2. The number of aromatic nitrogens is 2. The van der Waals surface area contributed by atoms with E-state index in [1.807, 2.05) is 0 Å². The van der Waals surface area contributed by atoms with Crippen molar-refractivity contribution in [2.45, 2.75) is 64.1 Å². The van der Waals surface area contributed by atoms with Gasteiger partial charge in [-0.2, -0.15) is 0 Å². The Morgan fingerprint density at radius 2 is 1.97 bits per heavy atom.